The van der Waals surface area contributed by atoms with Crippen LogP contribution in [0.4, 0.5) is 0 Å². The van der Waals surface area contributed by atoms with Gasteiger partial charge in [0.1, 0.15) is 12.1 Å². The lowest BCUT2D eigenvalue weighted by Crippen LogP contribution is -2.58. The van der Waals surface area contributed by atoms with Gasteiger partial charge in [-0.2, -0.15) is 0 Å². The summed E-state index contributed by atoms with van der Waals surface area (Å²) in [5, 5.41) is 0. The molecule has 112 valence electrons. The Labute approximate surface area is 118 Å². The summed E-state index contributed by atoms with van der Waals surface area (Å²) in [6.45, 7) is 2.24. The van der Waals surface area contributed by atoms with Crippen LogP contribution in [0.15, 0.2) is 0 Å². The molecule has 7 heteroatoms. The van der Waals surface area contributed by atoms with Gasteiger partial charge in [-0.05, 0) is 19.3 Å². The third-order valence-electron chi connectivity index (χ3n) is 4.14. The lowest BCUT2D eigenvalue weighted by molar-refractivity contribution is -0.154. The average Bonchev–Trinajstić information content (AvgIpc) is 2.83. The number of carbonyl (C=O) groups excluding carboxylic acids is 3. The zero-order valence-electron chi connectivity index (χ0n) is 11.9. The molecule has 0 radical (unpaired) electrons. The van der Waals surface area contributed by atoms with Crippen molar-refractivity contribution in [3.05, 3.63) is 0 Å². The van der Waals surface area contributed by atoms with E-state index in [9.17, 15) is 14.4 Å². The lowest BCUT2D eigenvalue weighted by atomic mass is 10.1. The standard InChI is InChI=1S/C13H21N3O4/c1-8(17)15-6-5-9-3-4-11(13(19)20-2)16(9)12(18)10(14)7-15/h9-11H,3-7,14H2,1-2H3/t9-,10+,11+/m1/s1. The minimum absolute atomic E-state index is 0.0419. The van der Waals surface area contributed by atoms with E-state index in [1.807, 2.05) is 0 Å². The van der Waals surface area contributed by atoms with Crippen LogP contribution in [0.2, 0.25) is 0 Å². The number of esters is 1. The van der Waals surface area contributed by atoms with Gasteiger partial charge in [0.25, 0.3) is 0 Å². The highest BCUT2D eigenvalue weighted by molar-refractivity contribution is 5.89. The molecule has 0 aromatic carbocycles. The maximum Gasteiger partial charge on any atom is 0.328 e. The second-order valence-corrected chi connectivity index (χ2v) is 5.38. The van der Waals surface area contributed by atoms with E-state index in [0.717, 1.165) is 6.42 Å². The Bertz CT molecular complexity index is 426. The van der Waals surface area contributed by atoms with Gasteiger partial charge in [-0.15, -0.1) is 0 Å². The van der Waals surface area contributed by atoms with Gasteiger partial charge in [0, 0.05) is 26.1 Å². The molecule has 2 aliphatic heterocycles. The molecular weight excluding hydrogens is 262 g/mol. The molecule has 3 atom stereocenters. The van der Waals surface area contributed by atoms with Gasteiger partial charge in [-0.3, -0.25) is 9.59 Å². The number of amides is 2. The average molecular weight is 283 g/mol. The predicted octanol–water partition coefficient (Wildman–Crippen LogP) is -0.901. The van der Waals surface area contributed by atoms with Crippen LogP contribution < -0.4 is 5.73 Å². The van der Waals surface area contributed by atoms with Gasteiger partial charge in [-0.1, -0.05) is 0 Å². The van der Waals surface area contributed by atoms with E-state index in [1.165, 1.54) is 14.0 Å². The molecule has 0 bridgehead atoms. The van der Waals surface area contributed by atoms with Gasteiger partial charge < -0.3 is 20.3 Å². The summed E-state index contributed by atoms with van der Waals surface area (Å²) in [5.41, 5.74) is 5.90. The summed E-state index contributed by atoms with van der Waals surface area (Å²) in [7, 11) is 1.32. The number of ether oxygens (including phenoxy) is 1. The Morgan fingerprint density at radius 1 is 1.30 bits per heavy atom. The van der Waals surface area contributed by atoms with Crippen molar-refractivity contribution in [3.8, 4) is 0 Å². The third-order valence-corrected chi connectivity index (χ3v) is 4.14. The fraction of sp³-hybridized carbons (Fsp3) is 0.769. The highest BCUT2D eigenvalue weighted by Crippen LogP contribution is 2.29. The number of nitrogens with two attached hydrogens (primary N) is 1. The normalized spacial score (nSPS) is 30.6. The molecule has 2 fully saturated rings. The molecule has 2 saturated heterocycles. The highest BCUT2D eigenvalue weighted by atomic mass is 16.5. The Kier molecular flexibility index (Phi) is 4.27. The summed E-state index contributed by atoms with van der Waals surface area (Å²) < 4.78 is 4.76. The highest BCUT2D eigenvalue weighted by Gasteiger charge is 2.44. The molecule has 2 rings (SSSR count). The molecule has 0 aromatic heterocycles. The summed E-state index contributed by atoms with van der Waals surface area (Å²) in [6, 6.07) is -1.36. The Morgan fingerprint density at radius 2 is 2.00 bits per heavy atom. The van der Waals surface area contributed by atoms with Crippen LogP contribution >= 0.6 is 0 Å². The maximum absolute atomic E-state index is 12.4. The zero-order chi connectivity index (χ0) is 14.9. The number of fused-ring (bicyclic) bond motifs is 1. The molecular formula is C13H21N3O4. The molecule has 0 saturated carbocycles. The predicted molar refractivity (Wildman–Crippen MR) is 70.5 cm³/mol. The van der Waals surface area contributed by atoms with E-state index in [2.05, 4.69) is 0 Å². The molecule has 2 N–H and O–H groups in total. The zero-order valence-corrected chi connectivity index (χ0v) is 11.9. The number of hydrogen-bond acceptors (Lipinski definition) is 5. The van der Waals surface area contributed by atoms with Gasteiger partial charge in [0.15, 0.2) is 0 Å². The SMILES string of the molecule is COC(=O)[C@@H]1CC[C@@H]2CCN(C(C)=O)C[C@H](N)C(=O)N21. The van der Waals surface area contributed by atoms with Crippen LogP contribution in [0.1, 0.15) is 26.2 Å². The monoisotopic (exact) mass is 283 g/mol. The number of carbonyl (C=O) groups is 3. The maximum atomic E-state index is 12.4. The topological polar surface area (TPSA) is 92.9 Å². The Morgan fingerprint density at radius 3 is 2.60 bits per heavy atom. The molecule has 0 aliphatic carbocycles. The van der Waals surface area contributed by atoms with Crippen molar-refractivity contribution in [2.75, 3.05) is 20.2 Å². The van der Waals surface area contributed by atoms with E-state index in [-0.39, 0.29) is 24.4 Å². The van der Waals surface area contributed by atoms with Crippen molar-refractivity contribution in [1.29, 1.82) is 0 Å². The molecule has 0 spiro atoms. The molecule has 0 unspecified atom stereocenters. The molecule has 20 heavy (non-hydrogen) atoms. The van der Waals surface area contributed by atoms with E-state index in [4.69, 9.17) is 10.5 Å². The molecule has 0 aromatic rings. The van der Waals surface area contributed by atoms with Crippen LogP contribution in [0.5, 0.6) is 0 Å². The molecule has 2 aliphatic rings. The fourth-order valence-corrected chi connectivity index (χ4v) is 3.06. The molecule has 7 nitrogen and oxygen atoms in total. The first kappa shape index (κ1) is 14.8. The molecule has 2 amide bonds. The minimum Gasteiger partial charge on any atom is -0.467 e. The van der Waals surface area contributed by atoms with Crippen molar-refractivity contribution in [2.45, 2.75) is 44.3 Å². The van der Waals surface area contributed by atoms with Crippen LogP contribution in [0.25, 0.3) is 0 Å². The number of nitrogens with zero attached hydrogens (tertiary/aromatic N) is 2. The van der Waals surface area contributed by atoms with Crippen molar-refractivity contribution >= 4 is 17.8 Å². The van der Waals surface area contributed by atoms with Crippen molar-refractivity contribution in [2.24, 2.45) is 5.73 Å². The van der Waals surface area contributed by atoms with Crippen LogP contribution in [0.3, 0.4) is 0 Å². The molecule has 2 heterocycles. The summed E-state index contributed by atoms with van der Waals surface area (Å²) in [4.78, 5) is 38.9. The van der Waals surface area contributed by atoms with Crippen LogP contribution in [0, 0.1) is 0 Å². The first-order valence-corrected chi connectivity index (χ1v) is 6.86. The lowest BCUT2D eigenvalue weighted by Gasteiger charge is -2.36. The van der Waals surface area contributed by atoms with E-state index < -0.39 is 18.1 Å². The largest absolute Gasteiger partial charge is 0.467 e. The smallest absolute Gasteiger partial charge is 0.328 e. The minimum atomic E-state index is -0.785. The first-order valence-electron chi connectivity index (χ1n) is 6.86. The van der Waals surface area contributed by atoms with Gasteiger partial charge in [0.05, 0.1) is 7.11 Å². The number of hydrogen-bond donors (Lipinski definition) is 1. The second-order valence-electron chi connectivity index (χ2n) is 5.38. The van der Waals surface area contributed by atoms with Crippen LogP contribution in [-0.4, -0.2) is 65.9 Å². The summed E-state index contributed by atoms with van der Waals surface area (Å²) in [5.74, 6) is -0.741. The van der Waals surface area contributed by atoms with Gasteiger partial charge >= 0.3 is 5.97 Å². The number of methoxy groups -OCH3 is 1. The third kappa shape index (κ3) is 2.63. The fourth-order valence-electron chi connectivity index (χ4n) is 3.06. The summed E-state index contributed by atoms with van der Waals surface area (Å²) in [6.07, 6.45) is 2.01. The van der Waals surface area contributed by atoms with Gasteiger partial charge in [0.2, 0.25) is 11.8 Å². The number of rotatable bonds is 1. The van der Waals surface area contributed by atoms with E-state index >= 15 is 0 Å². The van der Waals surface area contributed by atoms with Crippen molar-refractivity contribution < 1.29 is 19.1 Å². The van der Waals surface area contributed by atoms with Gasteiger partial charge in [-0.25, -0.2) is 4.79 Å². The van der Waals surface area contributed by atoms with Crippen molar-refractivity contribution in [1.82, 2.24) is 9.80 Å². The van der Waals surface area contributed by atoms with E-state index in [0.29, 0.717) is 19.4 Å². The van der Waals surface area contributed by atoms with Crippen molar-refractivity contribution in [3.63, 3.8) is 0 Å². The first-order chi connectivity index (χ1) is 9.45. The Balaban J connectivity index is 2.20. The quantitative estimate of drug-likeness (QED) is 0.629. The van der Waals surface area contributed by atoms with Crippen LogP contribution in [-0.2, 0) is 19.1 Å². The Hall–Kier alpha value is -1.63. The second kappa shape index (κ2) is 5.78. The van der Waals surface area contributed by atoms with E-state index in [1.54, 1.807) is 9.80 Å². The summed E-state index contributed by atoms with van der Waals surface area (Å²) >= 11 is 0.